The Bertz CT molecular complexity index is 737. The van der Waals surface area contributed by atoms with Gasteiger partial charge >= 0.3 is 6.61 Å². The Morgan fingerprint density at radius 2 is 1.75 bits per heavy atom. The number of halogens is 3. The first-order valence-corrected chi connectivity index (χ1v) is 8.97. The summed E-state index contributed by atoms with van der Waals surface area (Å²) in [6.07, 6.45) is -0.188. The van der Waals surface area contributed by atoms with Gasteiger partial charge in [0.25, 0.3) is 0 Å². The lowest BCUT2D eigenvalue weighted by molar-refractivity contribution is -0.0498. The molecule has 0 aliphatic carbocycles. The smallest absolute Gasteiger partial charge is 0.387 e. The third-order valence-electron chi connectivity index (χ3n) is 3.88. The minimum absolute atomic E-state index is 0.0326. The fourth-order valence-electron chi connectivity index (χ4n) is 2.47. The van der Waals surface area contributed by atoms with Crippen LogP contribution in [-0.4, -0.2) is 37.3 Å². The number of ether oxygens (including phenoxy) is 1. The fourth-order valence-corrected chi connectivity index (χ4v) is 2.47. The van der Waals surface area contributed by atoms with E-state index in [1.165, 1.54) is 36.4 Å². The molecule has 0 heterocycles. The number of nitrogens with one attached hydrogen (secondary N) is 2. The van der Waals surface area contributed by atoms with E-state index < -0.39 is 12.7 Å². The lowest BCUT2D eigenvalue weighted by Gasteiger charge is -2.14. The van der Waals surface area contributed by atoms with E-state index in [1.54, 1.807) is 12.1 Å². The third kappa shape index (κ3) is 7.48. The van der Waals surface area contributed by atoms with Crippen LogP contribution in [0.15, 0.2) is 53.5 Å². The molecule has 0 aliphatic rings. The first-order valence-electron chi connectivity index (χ1n) is 8.97. The largest absolute Gasteiger partial charge is 0.435 e. The highest BCUT2D eigenvalue weighted by Crippen LogP contribution is 2.19. The topological polar surface area (TPSA) is 65.9 Å². The quantitative estimate of drug-likeness (QED) is 0.451. The Morgan fingerprint density at radius 1 is 1.07 bits per heavy atom. The molecule has 5 nitrogen and oxygen atoms in total. The summed E-state index contributed by atoms with van der Waals surface area (Å²) in [5.74, 6) is 0.306. The van der Waals surface area contributed by atoms with Crippen molar-refractivity contribution in [3.63, 3.8) is 0 Å². The third-order valence-corrected chi connectivity index (χ3v) is 3.88. The second kappa shape index (κ2) is 11.2. The highest BCUT2D eigenvalue weighted by atomic mass is 19.3. The molecule has 0 radical (unpaired) electrons. The van der Waals surface area contributed by atoms with Gasteiger partial charge in [-0.25, -0.2) is 4.39 Å². The van der Waals surface area contributed by atoms with Gasteiger partial charge in [-0.3, -0.25) is 4.99 Å². The summed E-state index contributed by atoms with van der Waals surface area (Å²) in [7, 11) is 0. The van der Waals surface area contributed by atoms with Gasteiger partial charge in [-0.05, 0) is 48.7 Å². The first-order chi connectivity index (χ1) is 13.5. The summed E-state index contributed by atoms with van der Waals surface area (Å²) >= 11 is 0. The van der Waals surface area contributed by atoms with Gasteiger partial charge in [0.1, 0.15) is 11.6 Å². The van der Waals surface area contributed by atoms with Gasteiger partial charge in [0, 0.05) is 13.1 Å². The van der Waals surface area contributed by atoms with E-state index in [9.17, 15) is 18.3 Å². The fraction of sp³-hybridized carbons (Fsp3) is 0.350. The number of alkyl halides is 2. The minimum Gasteiger partial charge on any atom is -0.435 e. The molecule has 0 spiro atoms. The zero-order valence-electron chi connectivity index (χ0n) is 15.5. The zero-order valence-corrected chi connectivity index (χ0v) is 15.5. The molecule has 0 fully saturated rings. The Labute approximate surface area is 162 Å². The molecule has 8 heteroatoms. The number of aliphatic hydroxyl groups is 1. The van der Waals surface area contributed by atoms with Gasteiger partial charge in [-0.2, -0.15) is 8.78 Å². The van der Waals surface area contributed by atoms with Crippen molar-refractivity contribution >= 4 is 5.96 Å². The molecular formula is C20H24F3N3O2. The van der Waals surface area contributed by atoms with Gasteiger partial charge in [0.15, 0.2) is 5.96 Å². The monoisotopic (exact) mass is 395 g/mol. The van der Waals surface area contributed by atoms with Crippen molar-refractivity contribution in [1.29, 1.82) is 0 Å². The summed E-state index contributed by atoms with van der Waals surface area (Å²) in [6, 6.07) is 12.1. The Hall–Kier alpha value is -2.74. The lowest BCUT2D eigenvalue weighted by atomic mass is 10.1. The number of hydrogen-bond acceptors (Lipinski definition) is 3. The maximum atomic E-state index is 12.9. The molecule has 2 aromatic rings. The van der Waals surface area contributed by atoms with Crippen LogP contribution in [0.4, 0.5) is 13.2 Å². The predicted octanol–water partition coefficient (Wildman–Crippen LogP) is 3.26. The maximum Gasteiger partial charge on any atom is 0.387 e. The summed E-state index contributed by atoms with van der Waals surface area (Å²) in [6.45, 7) is 0.380. The van der Waals surface area contributed by atoms with Crippen molar-refractivity contribution in [1.82, 2.24) is 10.6 Å². The van der Waals surface area contributed by atoms with Gasteiger partial charge in [-0.15, -0.1) is 0 Å². The molecule has 2 rings (SSSR count). The number of aliphatic hydroxyl groups excluding tert-OH is 1. The summed E-state index contributed by atoms with van der Waals surface area (Å²) in [5.41, 5.74) is 1.54. The summed E-state index contributed by atoms with van der Waals surface area (Å²) in [5, 5.41) is 16.5. The van der Waals surface area contributed by atoms with Crippen LogP contribution in [0.25, 0.3) is 0 Å². The first kappa shape index (κ1) is 21.6. The standard InChI is InChI=1S/C20H24F3N3O2/c1-2-24-20(25-12-11-14-3-7-16(21)8-4-14)26-13-18(27)15-5-9-17(10-6-15)28-19(22)23/h3-10,18-19,27H,2,11-13H2,1H3,(H2,24,25,26). The average molecular weight is 395 g/mol. The number of hydrogen-bond donors (Lipinski definition) is 3. The molecule has 3 N–H and O–H groups in total. The van der Waals surface area contributed by atoms with E-state index in [0.717, 1.165) is 5.56 Å². The van der Waals surface area contributed by atoms with Crippen molar-refractivity contribution in [2.75, 3.05) is 19.6 Å². The number of nitrogens with zero attached hydrogens (tertiary/aromatic N) is 1. The van der Waals surface area contributed by atoms with Gasteiger partial charge in [0.05, 0.1) is 12.6 Å². The van der Waals surface area contributed by atoms with Crippen molar-refractivity contribution in [2.24, 2.45) is 4.99 Å². The second-order valence-electron chi connectivity index (χ2n) is 5.99. The van der Waals surface area contributed by atoms with Crippen LogP contribution in [0.2, 0.25) is 0 Å². The molecule has 2 aromatic carbocycles. The van der Waals surface area contributed by atoms with Crippen LogP contribution in [0, 0.1) is 5.82 Å². The molecule has 0 saturated heterocycles. The van der Waals surface area contributed by atoms with Crippen LogP contribution in [0.5, 0.6) is 5.75 Å². The molecule has 0 aliphatic heterocycles. The van der Waals surface area contributed by atoms with Gasteiger partial charge < -0.3 is 20.5 Å². The van der Waals surface area contributed by atoms with E-state index in [0.29, 0.717) is 31.0 Å². The van der Waals surface area contributed by atoms with Crippen molar-refractivity contribution < 1.29 is 23.0 Å². The second-order valence-corrected chi connectivity index (χ2v) is 5.99. The molecule has 1 atom stereocenters. The normalized spacial score (nSPS) is 12.7. The molecule has 0 aromatic heterocycles. The average Bonchev–Trinajstić information content (AvgIpc) is 2.67. The number of aliphatic imine (C=N–C) groups is 1. The SMILES string of the molecule is CCNC(=NCC(O)c1ccc(OC(F)F)cc1)NCCc1ccc(F)cc1. The van der Waals surface area contributed by atoms with Crippen LogP contribution < -0.4 is 15.4 Å². The molecule has 152 valence electrons. The zero-order chi connectivity index (χ0) is 20.4. The molecule has 0 amide bonds. The molecule has 0 bridgehead atoms. The number of guanidine groups is 1. The van der Waals surface area contributed by atoms with Crippen molar-refractivity contribution in [3.05, 3.63) is 65.5 Å². The van der Waals surface area contributed by atoms with E-state index in [1.807, 2.05) is 6.92 Å². The van der Waals surface area contributed by atoms with E-state index in [-0.39, 0.29) is 18.1 Å². The van der Waals surface area contributed by atoms with E-state index in [4.69, 9.17) is 0 Å². The van der Waals surface area contributed by atoms with Crippen LogP contribution in [-0.2, 0) is 6.42 Å². The van der Waals surface area contributed by atoms with Crippen molar-refractivity contribution in [3.8, 4) is 5.75 Å². The predicted molar refractivity (Wildman–Crippen MR) is 102 cm³/mol. The maximum absolute atomic E-state index is 12.9. The molecule has 0 saturated carbocycles. The summed E-state index contributed by atoms with van der Waals surface area (Å²) in [4.78, 5) is 4.34. The number of rotatable bonds is 9. The Kier molecular flexibility index (Phi) is 8.61. The minimum atomic E-state index is -2.89. The van der Waals surface area contributed by atoms with Gasteiger partial charge in [-0.1, -0.05) is 24.3 Å². The van der Waals surface area contributed by atoms with E-state index >= 15 is 0 Å². The van der Waals surface area contributed by atoms with Crippen LogP contribution in [0.3, 0.4) is 0 Å². The highest BCUT2D eigenvalue weighted by Gasteiger charge is 2.09. The molecule has 28 heavy (non-hydrogen) atoms. The van der Waals surface area contributed by atoms with E-state index in [2.05, 4.69) is 20.4 Å². The Balaban J connectivity index is 1.87. The summed E-state index contributed by atoms with van der Waals surface area (Å²) < 4.78 is 41.5. The lowest BCUT2D eigenvalue weighted by Crippen LogP contribution is -2.38. The Morgan fingerprint density at radius 3 is 2.36 bits per heavy atom. The number of benzene rings is 2. The highest BCUT2D eigenvalue weighted by molar-refractivity contribution is 5.79. The van der Waals surface area contributed by atoms with Gasteiger partial charge in [0.2, 0.25) is 0 Å². The van der Waals surface area contributed by atoms with Crippen LogP contribution in [0.1, 0.15) is 24.2 Å². The van der Waals surface area contributed by atoms with Crippen LogP contribution >= 0.6 is 0 Å². The molecular weight excluding hydrogens is 371 g/mol. The van der Waals surface area contributed by atoms with Crippen molar-refractivity contribution in [2.45, 2.75) is 26.1 Å². The molecule has 1 unspecified atom stereocenters.